The third-order valence-corrected chi connectivity index (χ3v) is 7.70. The molecular weight excluding hydrogens is 527 g/mol. The van der Waals surface area contributed by atoms with E-state index in [1.807, 2.05) is 55.6 Å². The molecule has 200 valence electrons. The first-order chi connectivity index (χ1) is 18.1. The lowest BCUT2D eigenvalue weighted by molar-refractivity contribution is 0.0956. The van der Waals surface area contributed by atoms with Crippen molar-refractivity contribution in [2.24, 2.45) is 0 Å². The Morgan fingerprint density at radius 2 is 1.74 bits per heavy atom. The Morgan fingerprint density at radius 3 is 2.37 bits per heavy atom. The van der Waals surface area contributed by atoms with E-state index < -0.39 is 21.8 Å². The summed E-state index contributed by atoms with van der Waals surface area (Å²) in [6.45, 7) is 3.80. The normalized spacial score (nSPS) is 13.4. The van der Waals surface area contributed by atoms with Crippen LogP contribution in [0.4, 0.5) is 4.39 Å². The van der Waals surface area contributed by atoms with Gasteiger partial charge in [0.2, 0.25) is 0 Å². The van der Waals surface area contributed by atoms with Crippen LogP contribution >= 0.6 is 11.6 Å². The number of halogens is 2. The van der Waals surface area contributed by atoms with Crippen LogP contribution in [0.25, 0.3) is 10.9 Å². The Balaban J connectivity index is 1.74. The maximum atomic E-state index is 14.8. The van der Waals surface area contributed by atoms with Crippen molar-refractivity contribution in [2.45, 2.75) is 38.5 Å². The third kappa shape index (κ3) is 6.43. The van der Waals surface area contributed by atoms with Gasteiger partial charge in [0.15, 0.2) is 0 Å². The number of rotatable bonds is 10. The van der Waals surface area contributed by atoms with Crippen molar-refractivity contribution >= 4 is 38.5 Å². The first-order valence-corrected chi connectivity index (χ1v) is 14.4. The molecule has 0 saturated carbocycles. The summed E-state index contributed by atoms with van der Waals surface area (Å²) in [6.07, 6.45) is 3.63. The molecule has 0 aliphatic rings. The third-order valence-electron chi connectivity index (χ3n) is 6.73. The average Bonchev–Trinajstić information content (AvgIpc) is 3.28. The SMILES string of the molecule is CCCC(c1ccc(C(=O)NCCS(=O)(=O)O)cc1)C(c1ccc(Cl)cc1)c1c[nH]c2c(F)cc(C)cc12. The van der Waals surface area contributed by atoms with Gasteiger partial charge in [-0.05, 0) is 77.9 Å². The van der Waals surface area contributed by atoms with E-state index in [0.29, 0.717) is 16.1 Å². The zero-order valence-corrected chi connectivity index (χ0v) is 22.7. The molecule has 0 saturated heterocycles. The van der Waals surface area contributed by atoms with Crippen molar-refractivity contribution in [1.29, 1.82) is 0 Å². The number of carbonyl (C=O) groups is 1. The van der Waals surface area contributed by atoms with Gasteiger partial charge in [-0.25, -0.2) is 4.39 Å². The van der Waals surface area contributed by atoms with E-state index >= 15 is 0 Å². The van der Waals surface area contributed by atoms with Crippen molar-refractivity contribution in [3.63, 3.8) is 0 Å². The molecule has 2 unspecified atom stereocenters. The summed E-state index contributed by atoms with van der Waals surface area (Å²) < 4.78 is 45.5. The molecule has 3 aromatic carbocycles. The number of carbonyl (C=O) groups excluding carboxylic acids is 1. The zero-order valence-electron chi connectivity index (χ0n) is 21.2. The average molecular weight is 557 g/mol. The van der Waals surface area contributed by atoms with Gasteiger partial charge in [0, 0.05) is 34.6 Å². The molecule has 0 fully saturated rings. The largest absolute Gasteiger partial charge is 0.358 e. The first-order valence-electron chi connectivity index (χ1n) is 12.4. The molecule has 1 aromatic heterocycles. The first kappa shape index (κ1) is 27.8. The zero-order chi connectivity index (χ0) is 27.4. The van der Waals surface area contributed by atoms with Gasteiger partial charge in [0.1, 0.15) is 5.82 Å². The number of H-pyrrole nitrogens is 1. The summed E-state index contributed by atoms with van der Waals surface area (Å²) in [5.74, 6) is -1.37. The molecule has 2 atom stereocenters. The van der Waals surface area contributed by atoms with Crippen LogP contribution < -0.4 is 5.32 Å². The number of nitrogens with one attached hydrogen (secondary N) is 2. The maximum absolute atomic E-state index is 14.8. The Bertz CT molecular complexity index is 1530. The molecule has 6 nitrogen and oxygen atoms in total. The Labute approximate surface area is 227 Å². The van der Waals surface area contributed by atoms with Gasteiger partial charge < -0.3 is 10.3 Å². The number of aryl methyl sites for hydroxylation is 1. The lowest BCUT2D eigenvalue weighted by Crippen LogP contribution is -2.28. The monoisotopic (exact) mass is 556 g/mol. The van der Waals surface area contributed by atoms with Gasteiger partial charge in [-0.15, -0.1) is 0 Å². The van der Waals surface area contributed by atoms with Crippen molar-refractivity contribution in [1.82, 2.24) is 10.3 Å². The van der Waals surface area contributed by atoms with Gasteiger partial charge in [-0.1, -0.05) is 49.2 Å². The fourth-order valence-corrected chi connectivity index (χ4v) is 5.50. The maximum Gasteiger partial charge on any atom is 0.266 e. The van der Waals surface area contributed by atoms with Crippen molar-refractivity contribution < 1.29 is 22.2 Å². The molecule has 9 heteroatoms. The minimum absolute atomic E-state index is 0.0143. The summed E-state index contributed by atoms with van der Waals surface area (Å²) in [6, 6.07) is 18.4. The fourth-order valence-electron chi connectivity index (χ4n) is 5.01. The summed E-state index contributed by atoms with van der Waals surface area (Å²) in [5, 5.41) is 3.97. The van der Waals surface area contributed by atoms with Crippen LogP contribution in [-0.2, 0) is 10.1 Å². The van der Waals surface area contributed by atoms with Crippen molar-refractivity contribution in [3.05, 3.63) is 106 Å². The number of hydrogen-bond acceptors (Lipinski definition) is 3. The van der Waals surface area contributed by atoms with Gasteiger partial charge in [-0.3, -0.25) is 9.35 Å². The van der Waals surface area contributed by atoms with E-state index in [2.05, 4.69) is 17.2 Å². The number of hydrogen-bond donors (Lipinski definition) is 3. The van der Waals surface area contributed by atoms with Crippen LogP contribution in [0.15, 0.2) is 66.9 Å². The number of amides is 1. The molecule has 4 aromatic rings. The second-order valence-corrected chi connectivity index (χ2v) is 11.5. The predicted molar refractivity (Wildman–Crippen MR) is 149 cm³/mol. The molecule has 0 aliphatic heterocycles. The predicted octanol–water partition coefficient (Wildman–Crippen LogP) is 6.60. The van der Waals surface area contributed by atoms with E-state index in [4.69, 9.17) is 16.2 Å². The van der Waals surface area contributed by atoms with E-state index in [1.165, 1.54) is 6.07 Å². The van der Waals surface area contributed by atoms with Crippen LogP contribution in [0.5, 0.6) is 0 Å². The second kappa shape index (κ2) is 11.7. The Morgan fingerprint density at radius 1 is 1.08 bits per heavy atom. The molecule has 0 spiro atoms. The molecule has 38 heavy (non-hydrogen) atoms. The lowest BCUT2D eigenvalue weighted by atomic mass is 9.75. The van der Waals surface area contributed by atoms with Crippen LogP contribution in [0.3, 0.4) is 0 Å². The van der Waals surface area contributed by atoms with Crippen LogP contribution in [-0.4, -0.2) is 36.2 Å². The molecule has 0 bridgehead atoms. The van der Waals surface area contributed by atoms with Crippen molar-refractivity contribution in [2.75, 3.05) is 12.3 Å². The molecule has 1 heterocycles. The number of benzene rings is 3. The van der Waals surface area contributed by atoms with Gasteiger partial charge in [0.25, 0.3) is 16.0 Å². The quantitative estimate of drug-likeness (QED) is 0.192. The van der Waals surface area contributed by atoms with E-state index in [-0.39, 0.29) is 24.2 Å². The second-order valence-electron chi connectivity index (χ2n) is 9.50. The minimum atomic E-state index is -4.16. The van der Waals surface area contributed by atoms with Crippen LogP contribution in [0.2, 0.25) is 5.02 Å². The van der Waals surface area contributed by atoms with E-state index in [9.17, 15) is 17.6 Å². The molecule has 1 amide bonds. The number of fused-ring (bicyclic) bond motifs is 1. The summed E-state index contributed by atoms with van der Waals surface area (Å²) in [5.41, 5.74) is 4.73. The minimum Gasteiger partial charge on any atom is -0.358 e. The molecule has 4 rings (SSSR count). The highest BCUT2D eigenvalue weighted by Gasteiger charge is 2.29. The summed E-state index contributed by atoms with van der Waals surface area (Å²) >= 11 is 6.20. The highest BCUT2D eigenvalue weighted by atomic mass is 35.5. The molecular formula is C29H30ClFN2O4S. The van der Waals surface area contributed by atoms with Crippen molar-refractivity contribution in [3.8, 4) is 0 Å². The summed E-state index contributed by atoms with van der Waals surface area (Å²) in [4.78, 5) is 15.6. The van der Waals surface area contributed by atoms with Crippen LogP contribution in [0.1, 0.15) is 64.2 Å². The topological polar surface area (TPSA) is 99.3 Å². The Hall–Kier alpha value is -3.20. The molecule has 0 radical (unpaired) electrons. The van der Waals surface area contributed by atoms with Gasteiger partial charge in [0.05, 0.1) is 11.3 Å². The fraction of sp³-hybridized carbons (Fsp3) is 0.276. The van der Waals surface area contributed by atoms with E-state index in [0.717, 1.165) is 40.5 Å². The summed E-state index contributed by atoms with van der Waals surface area (Å²) in [7, 11) is -4.16. The van der Waals surface area contributed by atoms with Gasteiger partial charge >= 0.3 is 0 Å². The number of aromatic nitrogens is 1. The lowest BCUT2D eigenvalue weighted by Gasteiger charge is -2.28. The smallest absolute Gasteiger partial charge is 0.266 e. The highest BCUT2D eigenvalue weighted by Crippen LogP contribution is 2.44. The Kier molecular flexibility index (Phi) is 8.55. The van der Waals surface area contributed by atoms with Crippen LogP contribution in [0, 0.1) is 12.7 Å². The van der Waals surface area contributed by atoms with Gasteiger partial charge in [-0.2, -0.15) is 8.42 Å². The standard InChI is InChI=1S/C29H30ClFN2O4S/c1-3-4-23(19-5-7-21(8-6-19)29(34)32-13-14-38(35,36)37)27(20-9-11-22(30)12-10-20)25-17-33-28-24(25)15-18(2)16-26(28)31/h5-12,15-17,23,27,33H,3-4,13-14H2,1-2H3,(H,32,34)(H,35,36,37). The number of aromatic amines is 1. The molecule has 0 aliphatic carbocycles. The molecule has 3 N–H and O–H groups in total. The highest BCUT2D eigenvalue weighted by molar-refractivity contribution is 7.85. The van der Waals surface area contributed by atoms with E-state index in [1.54, 1.807) is 12.1 Å².